The summed E-state index contributed by atoms with van der Waals surface area (Å²) in [6, 6.07) is 14.8. The van der Waals surface area contributed by atoms with Gasteiger partial charge in [-0.1, -0.05) is 18.2 Å². The summed E-state index contributed by atoms with van der Waals surface area (Å²) in [7, 11) is 0. The van der Waals surface area contributed by atoms with Gasteiger partial charge in [0.25, 0.3) is 5.91 Å². The number of fused-ring (bicyclic) bond motifs is 1. The molecule has 1 saturated heterocycles. The molecule has 1 heterocycles. The zero-order chi connectivity index (χ0) is 20.1. The first-order chi connectivity index (χ1) is 14.2. The molecule has 4 nitrogen and oxygen atoms in total. The zero-order valence-electron chi connectivity index (χ0n) is 17.5. The van der Waals surface area contributed by atoms with Crippen LogP contribution in [-0.2, 0) is 24.2 Å². The van der Waals surface area contributed by atoms with Crippen LogP contribution in [0.25, 0.3) is 0 Å². The summed E-state index contributed by atoms with van der Waals surface area (Å²) in [5.74, 6) is 0.710. The molecule has 4 heteroatoms. The van der Waals surface area contributed by atoms with Crippen LogP contribution in [0.2, 0.25) is 0 Å². The Kier molecular flexibility index (Phi) is 6.38. The van der Waals surface area contributed by atoms with Crippen molar-refractivity contribution in [3.63, 3.8) is 0 Å². The minimum Gasteiger partial charge on any atom is -0.481 e. The molecule has 0 spiro atoms. The van der Waals surface area contributed by atoms with E-state index in [1.54, 1.807) is 0 Å². The first kappa shape index (κ1) is 19.8. The van der Waals surface area contributed by atoms with Gasteiger partial charge in [0.1, 0.15) is 5.75 Å². The van der Waals surface area contributed by atoms with Crippen molar-refractivity contribution in [2.75, 3.05) is 18.0 Å². The van der Waals surface area contributed by atoms with E-state index in [4.69, 9.17) is 4.74 Å². The van der Waals surface area contributed by atoms with Crippen LogP contribution in [0.4, 0.5) is 5.69 Å². The van der Waals surface area contributed by atoms with Crippen LogP contribution < -0.4 is 15.0 Å². The lowest BCUT2D eigenvalue weighted by Crippen LogP contribution is -2.36. The fraction of sp³-hybridized carbons (Fsp3) is 0.480. The Balaban J connectivity index is 1.27. The van der Waals surface area contributed by atoms with Gasteiger partial charge in [0.2, 0.25) is 0 Å². The molecule has 0 saturated carbocycles. The number of hydrogen-bond donors (Lipinski definition) is 1. The third-order valence-electron chi connectivity index (χ3n) is 6.13. The van der Waals surface area contributed by atoms with Gasteiger partial charge in [-0.15, -0.1) is 0 Å². The molecule has 0 unspecified atom stereocenters. The van der Waals surface area contributed by atoms with E-state index in [1.807, 2.05) is 13.0 Å². The fourth-order valence-electron chi connectivity index (χ4n) is 4.35. The third-order valence-corrected chi connectivity index (χ3v) is 6.13. The van der Waals surface area contributed by atoms with Crippen LogP contribution in [-0.4, -0.2) is 25.1 Å². The second-order valence-corrected chi connectivity index (χ2v) is 8.33. The molecule has 1 aliphatic carbocycles. The van der Waals surface area contributed by atoms with Crippen molar-refractivity contribution < 1.29 is 9.53 Å². The smallest absolute Gasteiger partial charge is 0.261 e. The zero-order valence-corrected chi connectivity index (χ0v) is 17.5. The van der Waals surface area contributed by atoms with Crippen molar-refractivity contribution in [3.8, 4) is 5.75 Å². The molecule has 1 aliphatic heterocycles. The van der Waals surface area contributed by atoms with E-state index in [9.17, 15) is 4.79 Å². The third kappa shape index (κ3) is 5.11. The van der Waals surface area contributed by atoms with Gasteiger partial charge in [-0.2, -0.15) is 0 Å². The van der Waals surface area contributed by atoms with Gasteiger partial charge in [0.15, 0.2) is 6.10 Å². The molecule has 0 aromatic heterocycles. The Bertz CT molecular complexity index is 825. The molecule has 29 heavy (non-hydrogen) atoms. The average Bonchev–Trinajstić information content (AvgIpc) is 2.78. The summed E-state index contributed by atoms with van der Waals surface area (Å²) in [6.45, 7) is 4.63. The Hall–Kier alpha value is -2.49. The summed E-state index contributed by atoms with van der Waals surface area (Å²) in [5, 5.41) is 3.00. The second kappa shape index (κ2) is 9.34. The molecule has 0 radical (unpaired) electrons. The predicted molar refractivity (Wildman–Crippen MR) is 118 cm³/mol. The van der Waals surface area contributed by atoms with Crippen molar-refractivity contribution >= 4 is 11.6 Å². The number of rotatable bonds is 6. The molecule has 2 aromatic carbocycles. The van der Waals surface area contributed by atoms with Crippen LogP contribution in [0, 0.1) is 0 Å². The Labute approximate surface area is 174 Å². The lowest BCUT2D eigenvalue weighted by molar-refractivity contribution is -0.127. The first-order valence-corrected chi connectivity index (χ1v) is 11.1. The molecular formula is C25H32N2O2. The van der Waals surface area contributed by atoms with Crippen molar-refractivity contribution in [3.05, 3.63) is 59.2 Å². The summed E-state index contributed by atoms with van der Waals surface area (Å²) >= 11 is 0. The second-order valence-electron chi connectivity index (χ2n) is 8.33. The number of nitrogens with one attached hydrogen (secondary N) is 1. The summed E-state index contributed by atoms with van der Waals surface area (Å²) < 4.78 is 5.91. The topological polar surface area (TPSA) is 41.6 Å². The van der Waals surface area contributed by atoms with E-state index >= 15 is 0 Å². The van der Waals surface area contributed by atoms with E-state index in [0.717, 1.165) is 37.2 Å². The van der Waals surface area contributed by atoms with Gasteiger partial charge in [0.05, 0.1) is 0 Å². The maximum atomic E-state index is 12.5. The number of nitrogens with zero attached hydrogens (tertiary/aromatic N) is 1. The van der Waals surface area contributed by atoms with Crippen LogP contribution in [0.5, 0.6) is 5.75 Å². The number of amides is 1. The quantitative estimate of drug-likeness (QED) is 0.779. The molecule has 1 atom stereocenters. The van der Waals surface area contributed by atoms with Crippen LogP contribution >= 0.6 is 0 Å². The van der Waals surface area contributed by atoms with Crippen LogP contribution in [0.15, 0.2) is 42.5 Å². The van der Waals surface area contributed by atoms with Gasteiger partial charge in [-0.3, -0.25) is 4.79 Å². The van der Waals surface area contributed by atoms with Gasteiger partial charge in [-0.05, 0) is 92.8 Å². The van der Waals surface area contributed by atoms with E-state index < -0.39 is 6.10 Å². The van der Waals surface area contributed by atoms with Crippen LogP contribution in [0.3, 0.4) is 0 Å². The lowest BCUT2D eigenvalue weighted by Gasteiger charge is -2.28. The minimum absolute atomic E-state index is 0.0807. The Morgan fingerprint density at radius 2 is 1.69 bits per heavy atom. The number of carbonyl (C=O) groups excluding carboxylic acids is 1. The molecule has 2 aliphatic rings. The maximum Gasteiger partial charge on any atom is 0.261 e. The van der Waals surface area contributed by atoms with Crippen molar-refractivity contribution in [1.82, 2.24) is 5.32 Å². The number of piperidine rings is 1. The van der Waals surface area contributed by atoms with Crippen molar-refractivity contribution in [1.29, 1.82) is 0 Å². The number of hydrogen-bond acceptors (Lipinski definition) is 3. The molecular weight excluding hydrogens is 360 g/mol. The number of aryl methyl sites for hydroxylation is 2. The first-order valence-electron chi connectivity index (χ1n) is 11.1. The maximum absolute atomic E-state index is 12.5. The molecule has 1 N–H and O–H groups in total. The Morgan fingerprint density at radius 1 is 0.966 bits per heavy atom. The summed E-state index contributed by atoms with van der Waals surface area (Å²) in [4.78, 5) is 14.9. The highest BCUT2D eigenvalue weighted by Gasteiger charge is 2.16. The molecule has 4 rings (SSSR count). The average molecular weight is 393 g/mol. The normalized spacial score (nSPS) is 17.3. The monoisotopic (exact) mass is 392 g/mol. The van der Waals surface area contributed by atoms with E-state index in [1.165, 1.54) is 48.9 Å². The van der Waals surface area contributed by atoms with Gasteiger partial charge in [-0.25, -0.2) is 0 Å². The number of ether oxygens (including phenoxy) is 1. The predicted octanol–water partition coefficient (Wildman–Crippen LogP) is 4.64. The highest BCUT2D eigenvalue weighted by Crippen LogP contribution is 2.26. The van der Waals surface area contributed by atoms with E-state index in [0.29, 0.717) is 6.54 Å². The highest BCUT2D eigenvalue weighted by molar-refractivity contribution is 5.80. The van der Waals surface area contributed by atoms with Crippen LogP contribution in [0.1, 0.15) is 55.7 Å². The van der Waals surface area contributed by atoms with Crippen molar-refractivity contribution in [2.24, 2.45) is 0 Å². The number of anilines is 1. The molecule has 2 aromatic rings. The molecule has 154 valence electrons. The number of carbonyl (C=O) groups is 1. The van der Waals surface area contributed by atoms with E-state index in [-0.39, 0.29) is 5.91 Å². The van der Waals surface area contributed by atoms with Gasteiger partial charge in [0, 0.05) is 25.3 Å². The SMILES string of the molecule is C[C@@H](Oc1ccc2c(c1)CCCC2)C(=O)NCc1ccc(N2CCCCC2)cc1. The lowest BCUT2D eigenvalue weighted by atomic mass is 9.92. The van der Waals surface area contributed by atoms with E-state index in [2.05, 4.69) is 46.6 Å². The van der Waals surface area contributed by atoms with Crippen molar-refractivity contribution in [2.45, 2.75) is 64.5 Å². The van der Waals surface area contributed by atoms with Gasteiger partial charge < -0.3 is 15.0 Å². The summed E-state index contributed by atoms with van der Waals surface area (Å²) in [6.07, 6.45) is 8.16. The number of benzene rings is 2. The largest absolute Gasteiger partial charge is 0.481 e. The summed E-state index contributed by atoms with van der Waals surface area (Å²) in [5.41, 5.74) is 5.19. The molecule has 1 amide bonds. The molecule has 0 bridgehead atoms. The minimum atomic E-state index is -0.510. The molecule has 1 fully saturated rings. The Morgan fingerprint density at radius 3 is 2.45 bits per heavy atom. The standard InChI is InChI=1S/C25H32N2O2/c1-19(29-24-14-11-21-7-3-4-8-22(21)17-24)25(28)26-18-20-9-12-23(13-10-20)27-15-5-2-6-16-27/h9-14,17,19H,2-8,15-16,18H2,1H3,(H,26,28)/t19-/m1/s1. The fourth-order valence-corrected chi connectivity index (χ4v) is 4.35. The van der Waals surface area contributed by atoms with Gasteiger partial charge >= 0.3 is 0 Å². The highest BCUT2D eigenvalue weighted by atomic mass is 16.5.